The zero-order valence-corrected chi connectivity index (χ0v) is 22.8. The second-order valence-corrected chi connectivity index (χ2v) is 10.3. The Kier molecular flexibility index (Phi) is 9.03. The fraction of sp³-hybridized carbons (Fsp3) is 0.500. The van der Waals surface area contributed by atoms with Gasteiger partial charge in [0, 0.05) is 57.4 Å². The minimum Gasteiger partial charge on any atom is -0.465 e. The van der Waals surface area contributed by atoms with E-state index in [1.165, 1.54) is 10.5 Å². The summed E-state index contributed by atoms with van der Waals surface area (Å²) < 4.78 is 0. The van der Waals surface area contributed by atoms with Gasteiger partial charge < -0.3 is 14.9 Å². The molecule has 2 aromatic carbocycles. The van der Waals surface area contributed by atoms with E-state index in [-0.39, 0.29) is 36.4 Å². The summed E-state index contributed by atoms with van der Waals surface area (Å²) in [6, 6.07) is 14.2. The van der Waals surface area contributed by atoms with Crippen LogP contribution in [0.3, 0.4) is 0 Å². The van der Waals surface area contributed by atoms with Crippen molar-refractivity contribution in [3.63, 3.8) is 0 Å². The molecular formula is C28H39ClN4O3. The maximum atomic E-state index is 12.5. The van der Waals surface area contributed by atoms with Crippen molar-refractivity contribution in [3.8, 4) is 11.1 Å². The Morgan fingerprint density at radius 2 is 1.64 bits per heavy atom. The number of carbonyl (C=O) groups excluding carboxylic acids is 1. The average molecular weight is 515 g/mol. The van der Waals surface area contributed by atoms with Crippen LogP contribution in [0.4, 0.5) is 10.5 Å². The molecule has 1 N–H and O–H groups in total. The Balaban J connectivity index is 0.00000361. The van der Waals surface area contributed by atoms with Crippen LogP contribution in [0.5, 0.6) is 0 Å². The van der Waals surface area contributed by atoms with Crippen molar-refractivity contribution in [3.05, 3.63) is 53.6 Å². The molecule has 0 saturated carbocycles. The number of amides is 2. The Bertz CT molecular complexity index is 1070. The van der Waals surface area contributed by atoms with E-state index >= 15 is 0 Å². The Labute approximate surface area is 221 Å². The van der Waals surface area contributed by atoms with Gasteiger partial charge in [0.1, 0.15) is 0 Å². The minimum atomic E-state index is -0.932. The van der Waals surface area contributed by atoms with Crippen molar-refractivity contribution >= 4 is 30.1 Å². The number of fused-ring (bicyclic) bond motifs is 1. The maximum absolute atomic E-state index is 12.5. The third kappa shape index (κ3) is 5.85. The smallest absolute Gasteiger partial charge is 0.408 e. The van der Waals surface area contributed by atoms with Crippen LogP contribution in [-0.4, -0.2) is 77.1 Å². The van der Waals surface area contributed by atoms with E-state index in [1.807, 2.05) is 32.9 Å². The van der Waals surface area contributed by atoms with Crippen LogP contribution in [-0.2, 0) is 11.3 Å². The van der Waals surface area contributed by atoms with E-state index in [2.05, 4.69) is 47.2 Å². The van der Waals surface area contributed by atoms with Gasteiger partial charge in [-0.25, -0.2) is 4.79 Å². The van der Waals surface area contributed by atoms with Gasteiger partial charge in [0.25, 0.3) is 0 Å². The first-order chi connectivity index (χ1) is 16.7. The molecule has 0 bridgehead atoms. The number of carboxylic acid groups (broad SMARTS) is 1. The van der Waals surface area contributed by atoms with Gasteiger partial charge in [-0.15, -0.1) is 12.4 Å². The lowest BCUT2D eigenvalue weighted by Crippen LogP contribution is -2.48. The molecule has 36 heavy (non-hydrogen) atoms. The molecule has 8 heteroatoms. The molecule has 2 amide bonds. The quantitative estimate of drug-likeness (QED) is 0.601. The number of benzene rings is 2. The van der Waals surface area contributed by atoms with Crippen molar-refractivity contribution in [2.24, 2.45) is 0 Å². The number of halogens is 1. The predicted octanol–water partition coefficient (Wildman–Crippen LogP) is 5.10. The van der Waals surface area contributed by atoms with Crippen LogP contribution < -0.4 is 4.90 Å². The maximum Gasteiger partial charge on any atom is 0.408 e. The van der Waals surface area contributed by atoms with E-state index in [1.54, 1.807) is 11.8 Å². The van der Waals surface area contributed by atoms with E-state index in [9.17, 15) is 14.7 Å². The summed E-state index contributed by atoms with van der Waals surface area (Å²) in [5, 5.41) is 9.99. The monoisotopic (exact) mass is 514 g/mol. The molecule has 1 fully saturated rings. The first kappa shape index (κ1) is 28.0. The van der Waals surface area contributed by atoms with Gasteiger partial charge >= 0.3 is 6.09 Å². The second kappa shape index (κ2) is 11.6. The van der Waals surface area contributed by atoms with E-state index < -0.39 is 6.09 Å². The highest BCUT2D eigenvalue weighted by molar-refractivity contribution is 5.94. The second-order valence-electron chi connectivity index (χ2n) is 10.3. The minimum absolute atomic E-state index is 0. The average Bonchev–Trinajstić information content (AvgIpc) is 2.80. The SMILES string of the molecule is CC(=O)N1c2ccc(-c3ccc(CN4CCN(C)CC4)cc3)cc2C(N(C(=O)O)C(C)C)CC1C.Cl. The van der Waals surface area contributed by atoms with Crippen molar-refractivity contribution in [1.29, 1.82) is 0 Å². The topological polar surface area (TPSA) is 67.3 Å². The molecule has 2 aromatic rings. The van der Waals surface area contributed by atoms with Gasteiger partial charge in [0.2, 0.25) is 5.91 Å². The fourth-order valence-corrected chi connectivity index (χ4v) is 5.54. The molecule has 2 aliphatic heterocycles. The number of nitrogens with zero attached hydrogens (tertiary/aromatic N) is 4. The van der Waals surface area contributed by atoms with E-state index in [4.69, 9.17) is 0 Å². The summed E-state index contributed by atoms with van der Waals surface area (Å²) in [7, 11) is 2.17. The van der Waals surface area contributed by atoms with Crippen molar-refractivity contribution in [2.45, 2.75) is 58.8 Å². The van der Waals surface area contributed by atoms with Crippen LogP contribution >= 0.6 is 12.4 Å². The summed E-state index contributed by atoms with van der Waals surface area (Å²) in [6.45, 7) is 12.7. The first-order valence-electron chi connectivity index (χ1n) is 12.6. The molecule has 4 rings (SSSR count). The zero-order chi connectivity index (χ0) is 25.3. The number of anilines is 1. The van der Waals surface area contributed by atoms with Gasteiger partial charge in [-0.2, -0.15) is 0 Å². The molecule has 2 aliphatic rings. The van der Waals surface area contributed by atoms with Crippen molar-refractivity contribution in [2.75, 3.05) is 38.1 Å². The summed E-state index contributed by atoms with van der Waals surface area (Å²) in [5.74, 6) is -0.0235. The zero-order valence-electron chi connectivity index (χ0n) is 22.0. The molecule has 2 unspecified atom stereocenters. The molecular weight excluding hydrogens is 476 g/mol. The highest BCUT2D eigenvalue weighted by Crippen LogP contribution is 2.43. The summed E-state index contributed by atoms with van der Waals surface area (Å²) in [5.41, 5.74) is 5.12. The van der Waals surface area contributed by atoms with Crippen LogP contribution in [0.15, 0.2) is 42.5 Å². The summed E-state index contributed by atoms with van der Waals surface area (Å²) in [6.07, 6.45) is -0.358. The third-order valence-corrected chi connectivity index (χ3v) is 7.39. The summed E-state index contributed by atoms with van der Waals surface area (Å²) >= 11 is 0. The largest absolute Gasteiger partial charge is 0.465 e. The molecule has 0 radical (unpaired) electrons. The number of carbonyl (C=O) groups is 2. The van der Waals surface area contributed by atoms with Gasteiger partial charge in [-0.05, 0) is 68.6 Å². The van der Waals surface area contributed by atoms with Crippen LogP contribution in [0.1, 0.15) is 51.3 Å². The van der Waals surface area contributed by atoms with Crippen molar-refractivity contribution < 1.29 is 14.7 Å². The lowest BCUT2D eigenvalue weighted by molar-refractivity contribution is -0.117. The Hall–Kier alpha value is -2.61. The van der Waals surface area contributed by atoms with Gasteiger partial charge in [0.15, 0.2) is 0 Å². The molecule has 2 atom stereocenters. The third-order valence-electron chi connectivity index (χ3n) is 7.39. The summed E-state index contributed by atoms with van der Waals surface area (Å²) in [4.78, 5) is 32.8. The van der Waals surface area contributed by atoms with Crippen LogP contribution in [0.25, 0.3) is 11.1 Å². The predicted molar refractivity (Wildman–Crippen MR) is 147 cm³/mol. The van der Waals surface area contributed by atoms with Gasteiger partial charge in [0.05, 0.1) is 6.04 Å². The van der Waals surface area contributed by atoms with Gasteiger partial charge in [-0.3, -0.25) is 14.6 Å². The normalized spacial score (nSPS) is 20.6. The molecule has 196 valence electrons. The molecule has 7 nitrogen and oxygen atoms in total. The van der Waals surface area contributed by atoms with E-state index in [0.717, 1.165) is 55.1 Å². The van der Waals surface area contributed by atoms with E-state index in [0.29, 0.717) is 6.42 Å². The number of piperazine rings is 1. The number of rotatable bonds is 5. The molecule has 0 aliphatic carbocycles. The number of hydrogen-bond donors (Lipinski definition) is 1. The van der Waals surface area contributed by atoms with Gasteiger partial charge in [-0.1, -0.05) is 30.3 Å². The van der Waals surface area contributed by atoms with Crippen LogP contribution in [0, 0.1) is 0 Å². The fourth-order valence-electron chi connectivity index (χ4n) is 5.54. The number of hydrogen-bond acceptors (Lipinski definition) is 4. The molecule has 0 spiro atoms. The Morgan fingerprint density at radius 3 is 2.19 bits per heavy atom. The van der Waals surface area contributed by atoms with Crippen molar-refractivity contribution in [1.82, 2.24) is 14.7 Å². The number of likely N-dealkylation sites (N-methyl/N-ethyl adjacent to an activating group) is 1. The molecule has 2 heterocycles. The highest BCUT2D eigenvalue weighted by atomic mass is 35.5. The molecule has 1 saturated heterocycles. The Morgan fingerprint density at radius 1 is 1.03 bits per heavy atom. The lowest BCUT2D eigenvalue weighted by atomic mass is 9.87. The standard InChI is InChI=1S/C28H38N4O3.ClH/c1-19(2)31(28(34)35)27-16-20(3)32(21(4)33)26-11-10-24(17-25(26)27)23-8-6-22(7-9-23)18-30-14-12-29(5)13-15-30;/h6-11,17,19-20,27H,12-16,18H2,1-5H3,(H,34,35);1H. The first-order valence-corrected chi connectivity index (χ1v) is 12.6. The lowest BCUT2D eigenvalue weighted by Gasteiger charge is -2.43. The highest BCUT2D eigenvalue weighted by Gasteiger charge is 2.38. The van der Waals surface area contributed by atoms with Crippen LogP contribution in [0.2, 0.25) is 0 Å². The molecule has 0 aromatic heterocycles.